The molecule has 2 rings (SSSR count). The van der Waals surface area contributed by atoms with E-state index in [4.69, 9.17) is 14.2 Å². The molecule has 0 fully saturated rings. The van der Waals surface area contributed by atoms with E-state index in [0.717, 1.165) is 28.8 Å². The van der Waals surface area contributed by atoms with Crippen LogP contribution in [-0.2, 0) is 6.54 Å². The molecule has 0 radical (unpaired) electrons. The fourth-order valence-electron chi connectivity index (χ4n) is 2.48. The monoisotopic (exact) mass is 371 g/mol. The third-order valence-corrected chi connectivity index (χ3v) is 3.90. The molecule has 0 saturated carbocycles. The lowest BCUT2D eigenvalue weighted by molar-refractivity contribution is 0.310. The Kier molecular flexibility index (Phi) is 8.29. The third-order valence-electron chi connectivity index (χ3n) is 3.90. The zero-order valence-electron chi connectivity index (χ0n) is 16.5. The van der Waals surface area contributed by atoms with Gasteiger partial charge < -0.3 is 24.8 Å². The average Bonchev–Trinajstić information content (AvgIpc) is 2.69. The Labute approximate surface area is 161 Å². The quantitative estimate of drug-likeness (QED) is 0.403. The molecule has 0 atom stereocenters. The maximum Gasteiger partial charge on any atom is 0.191 e. The number of hydrogen-bond donors (Lipinski definition) is 2. The Hall–Kier alpha value is -2.89. The molecular weight excluding hydrogens is 342 g/mol. The summed E-state index contributed by atoms with van der Waals surface area (Å²) in [6, 6.07) is 13.9. The van der Waals surface area contributed by atoms with Crippen LogP contribution in [0.1, 0.15) is 18.1 Å². The third kappa shape index (κ3) is 6.73. The molecule has 0 unspecified atom stereocenters. The van der Waals surface area contributed by atoms with Crippen molar-refractivity contribution in [3.05, 3.63) is 53.6 Å². The van der Waals surface area contributed by atoms with Crippen molar-refractivity contribution in [1.82, 2.24) is 10.6 Å². The first-order valence-corrected chi connectivity index (χ1v) is 9.10. The number of rotatable bonds is 9. The van der Waals surface area contributed by atoms with Gasteiger partial charge in [0.05, 0.1) is 20.3 Å². The molecule has 0 saturated heterocycles. The van der Waals surface area contributed by atoms with Crippen molar-refractivity contribution in [2.45, 2.75) is 20.4 Å². The zero-order valence-corrected chi connectivity index (χ0v) is 16.5. The molecule has 0 aliphatic rings. The minimum Gasteiger partial charge on any atom is -0.493 e. The molecule has 0 aromatic heterocycles. The van der Waals surface area contributed by atoms with E-state index in [2.05, 4.69) is 22.5 Å². The summed E-state index contributed by atoms with van der Waals surface area (Å²) >= 11 is 0. The van der Waals surface area contributed by atoms with Gasteiger partial charge in [-0.15, -0.1) is 0 Å². The van der Waals surface area contributed by atoms with Gasteiger partial charge in [0.2, 0.25) is 0 Å². The van der Waals surface area contributed by atoms with Crippen molar-refractivity contribution in [1.29, 1.82) is 0 Å². The van der Waals surface area contributed by atoms with E-state index in [0.29, 0.717) is 26.3 Å². The summed E-state index contributed by atoms with van der Waals surface area (Å²) < 4.78 is 16.6. The summed E-state index contributed by atoms with van der Waals surface area (Å²) in [6.45, 7) is 6.45. The van der Waals surface area contributed by atoms with E-state index in [-0.39, 0.29) is 0 Å². The predicted octanol–water partition coefficient (Wildman–Crippen LogP) is 3.15. The van der Waals surface area contributed by atoms with Crippen LogP contribution in [0, 0.1) is 6.92 Å². The van der Waals surface area contributed by atoms with Crippen LogP contribution in [0.3, 0.4) is 0 Å². The van der Waals surface area contributed by atoms with Gasteiger partial charge in [-0.1, -0.05) is 23.8 Å². The Morgan fingerprint density at radius 3 is 2.44 bits per heavy atom. The van der Waals surface area contributed by atoms with Gasteiger partial charge in [0, 0.05) is 13.6 Å². The van der Waals surface area contributed by atoms with E-state index in [1.54, 1.807) is 14.2 Å². The summed E-state index contributed by atoms with van der Waals surface area (Å²) in [4.78, 5) is 4.23. The van der Waals surface area contributed by atoms with Crippen LogP contribution in [0.15, 0.2) is 47.5 Å². The number of guanidine groups is 1. The van der Waals surface area contributed by atoms with E-state index in [1.165, 1.54) is 5.56 Å². The highest BCUT2D eigenvalue weighted by Crippen LogP contribution is 2.27. The first-order valence-electron chi connectivity index (χ1n) is 9.10. The highest BCUT2D eigenvalue weighted by atomic mass is 16.5. The molecule has 0 bridgehead atoms. The van der Waals surface area contributed by atoms with Crippen molar-refractivity contribution in [3.8, 4) is 17.2 Å². The average molecular weight is 371 g/mol. The largest absolute Gasteiger partial charge is 0.493 e. The van der Waals surface area contributed by atoms with Gasteiger partial charge in [-0.05, 0) is 43.7 Å². The molecule has 6 heteroatoms. The summed E-state index contributed by atoms with van der Waals surface area (Å²) in [6.07, 6.45) is 0. The topological polar surface area (TPSA) is 64.1 Å². The molecule has 0 amide bonds. The first-order chi connectivity index (χ1) is 13.2. The Bertz CT molecular complexity index is 730. The van der Waals surface area contributed by atoms with Crippen LogP contribution in [0.4, 0.5) is 0 Å². The van der Waals surface area contributed by atoms with Gasteiger partial charge in [-0.3, -0.25) is 4.99 Å². The molecule has 2 aromatic rings. The van der Waals surface area contributed by atoms with E-state index in [1.807, 2.05) is 49.4 Å². The number of methoxy groups -OCH3 is 1. The smallest absolute Gasteiger partial charge is 0.191 e. The second-order valence-corrected chi connectivity index (χ2v) is 5.93. The molecule has 2 N–H and O–H groups in total. The van der Waals surface area contributed by atoms with Crippen LogP contribution in [0.5, 0.6) is 17.2 Å². The van der Waals surface area contributed by atoms with Crippen LogP contribution in [-0.4, -0.2) is 39.9 Å². The number of hydrogen-bond acceptors (Lipinski definition) is 4. The van der Waals surface area contributed by atoms with Gasteiger partial charge in [0.1, 0.15) is 12.4 Å². The molecule has 6 nitrogen and oxygen atoms in total. The number of benzene rings is 2. The molecular formula is C21H29N3O3. The maximum atomic E-state index is 5.71. The molecule has 2 aromatic carbocycles. The standard InChI is InChI=1S/C21H29N3O3/c1-5-26-19-11-8-17(14-20(19)25-4)15-24-21(22-3)23-12-13-27-18-9-6-16(2)7-10-18/h6-11,14H,5,12-13,15H2,1-4H3,(H2,22,23,24). The lowest BCUT2D eigenvalue weighted by Crippen LogP contribution is -2.38. The van der Waals surface area contributed by atoms with E-state index >= 15 is 0 Å². The zero-order chi connectivity index (χ0) is 19.5. The van der Waals surface area contributed by atoms with Gasteiger partial charge in [-0.25, -0.2) is 0 Å². The van der Waals surface area contributed by atoms with E-state index in [9.17, 15) is 0 Å². The summed E-state index contributed by atoms with van der Waals surface area (Å²) in [5, 5.41) is 6.52. The molecule has 0 spiro atoms. The van der Waals surface area contributed by atoms with Gasteiger partial charge in [0.25, 0.3) is 0 Å². The number of nitrogens with zero attached hydrogens (tertiary/aromatic N) is 1. The molecule has 146 valence electrons. The number of aryl methyl sites for hydroxylation is 1. The van der Waals surface area contributed by atoms with Crippen molar-refractivity contribution >= 4 is 5.96 Å². The molecule has 27 heavy (non-hydrogen) atoms. The molecule has 0 aliphatic carbocycles. The summed E-state index contributed by atoms with van der Waals surface area (Å²) in [5.74, 6) is 3.06. The number of aliphatic imine (C=N–C) groups is 1. The van der Waals surface area contributed by atoms with Crippen LogP contribution in [0.2, 0.25) is 0 Å². The molecule has 0 aliphatic heterocycles. The van der Waals surface area contributed by atoms with E-state index < -0.39 is 0 Å². The predicted molar refractivity (Wildman–Crippen MR) is 109 cm³/mol. The normalized spacial score (nSPS) is 11.0. The van der Waals surface area contributed by atoms with Gasteiger partial charge in [-0.2, -0.15) is 0 Å². The molecule has 0 heterocycles. The van der Waals surface area contributed by atoms with Crippen LogP contribution < -0.4 is 24.8 Å². The van der Waals surface area contributed by atoms with Crippen molar-refractivity contribution in [3.63, 3.8) is 0 Å². The number of nitrogens with one attached hydrogen (secondary N) is 2. The second kappa shape index (κ2) is 11.0. The summed E-state index contributed by atoms with van der Waals surface area (Å²) in [7, 11) is 3.39. The van der Waals surface area contributed by atoms with Crippen molar-refractivity contribution < 1.29 is 14.2 Å². The van der Waals surface area contributed by atoms with Gasteiger partial charge in [0.15, 0.2) is 17.5 Å². The lowest BCUT2D eigenvalue weighted by atomic mass is 10.2. The Morgan fingerprint density at radius 2 is 1.78 bits per heavy atom. The first kappa shape index (κ1) is 20.4. The van der Waals surface area contributed by atoms with Crippen molar-refractivity contribution in [2.24, 2.45) is 4.99 Å². The Morgan fingerprint density at radius 1 is 1.00 bits per heavy atom. The van der Waals surface area contributed by atoms with Gasteiger partial charge >= 0.3 is 0 Å². The van der Waals surface area contributed by atoms with Crippen LogP contribution >= 0.6 is 0 Å². The minimum absolute atomic E-state index is 0.556. The fraction of sp³-hybridized carbons (Fsp3) is 0.381. The second-order valence-electron chi connectivity index (χ2n) is 5.93. The highest BCUT2D eigenvalue weighted by molar-refractivity contribution is 5.79. The Balaban J connectivity index is 1.77. The SMILES string of the molecule is CCOc1ccc(CNC(=NC)NCCOc2ccc(C)cc2)cc1OC. The number of ether oxygens (including phenoxy) is 3. The minimum atomic E-state index is 0.556. The highest BCUT2D eigenvalue weighted by Gasteiger charge is 2.06. The van der Waals surface area contributed by atoms with Crippen molar-refractivity contribution in [2.75, 3.05) is 33.9 Å². The lowest BCUT2D eigenvalue weighted by Gasteiger charge is -2.14. The van der Waals surface area contributed by atoms with Crippen LogP contribution in [0.25, 0.3) is 0 Å². The fourth-order valence-corrected chi connectivity index (χ4v) is 2.48. The maximum absolute atomic E-state index is 5.71. The summed E-state index contributed by atoms with van der Waals surface area (Å²) in [5.41, 5.74) is 2.30.